The van der Waals surface area contributed by atoms with E-state index >= 15 is 0 Å². The SMILES string of the molecule is C/C=C\C=C/C(C)C(Nc1cc(/C(=C(\C)O)C(C)N)ccc1C(=N)c1ccc(C)cc1)c1ccccc1. The van der Waals surface area contributed by atoms with E-state index in [9.17, 15) is 5.11 Å². The van der Waals surface area contributed by atoms with Crippen LogP contribution in [0.25, 0.3) is 5.57 Å². The van der Waals surface area contributed by atoms with Gasteiger partial charge in [-0.1, -0.05) is 104 Å². The first-order valence-electron chi connectivity index (χ1n) is 12.8. The summed E-state index contributed by atoms with van der Waals surface area (Å²) in [6.45, 7) is 9.76. The third-order valence-corrected chi connectivity index (χ3v) is 6.50. The molecule has 0 fully saturated rings. The molecule has 5 N–H and O–H groups in total. The average molecular weight is 494 g/mol. The summed E-state index contributed by atoms with van der Waals surface area (Å²) >= 11 is 0. The Balaban J connectivity index is 2.16. The van der Waals surface area contributed by atoms with Crippen molar-refractivity contribution in [3.63, 3.8) is 0 Å². The van der Waals surface area contributed by atoms with Crippen molar-refractivity contribution in [2.75, 3.05) is 5.32 Å². The molecule has 0 heterocycles. The minimum absolute atomic E-state index is 0.0412. The van der Waals surface area contributed by atoms with Crippen LogP contribution in [0.15, 0.2) is 103 Å². The quantitative estimate of drug-likeness (QED) is 0.131. The molecule has 0 aliphatic carbocycles. The summed E-state index contributed by atoms with van der Waals surface area (Å²) in [5, 5.41) is 23.2. The molecule has 0 radical (unpaired) electrons. The molecule has 3 atom stereocenters. The van der Waals surface area contributed by atoms with Gasteiger partial charge in [-0.2, -0.15) is 0 Å². The van der Waals surface area contributed by atoms with Gasteiger partial charge >= 0.3 is 0 Å². The lowest BCUT2D eigenvalue weighted by atomic mass is 9.90. The zero-order valence-corrected chi connectivity index (χ0v) is 22.5. The first-order valence-corrected chi connectivity index (χ1v) is 12.8. The van der Waals surface area contributed by atoms with E-state index in [1.165, 1.54) is 0 Å². The highest BCUT2D eigenvalue weighted by Crippen LogP contribution is 2.33. The largest absolute Gasteiger partial charge is 0.512 e. The van der Waals surface area contributed by atoms with E-state index in [4.69, 9.17) is 11.1 Å². The highest BCUT2D eigenvalue weighted by molar-refractivity contribution is 6.14. The Morgan fingerprint density at radius 3 is 2.19 bits per heavy atom. The second-order valence-electron chi connectivity index (χ2n) is 9.59. The molecule has 0 saturated heterocycles. The molecule has 3 rings (SSSR count). The number of anilines is 1. The number of aliphatic hydroxyl groups is 1. The maximum Gasteiger partial charge on any atom is 0.0945 e. The molecule has 192 valence electrons. The first kappa shape index (κ1) is 27.7. The van der Waals surface area contributed by atoms with Gasteiger partial charge in [0.2, 0.25) is 0 Å². The highest BCUT2D eigenvalue weighted by atomic mass is 16.3. The van der Waals surface area contributed by atoms with Gasteiger partial charge in [-0.05, 0) is 50.8 Å². The standard InChI is InChI=1S/C33H39N3O/c1-6-7-9-12-23(3)33(27-13-10-8-11-14-27)36-30-21-28(31(24(4)34)25(5)37)19-20-29(30)32(35)26-17-15-22(2)16-18-26/h6-21,23-24,33,35-37H,34H2,1-5H3/b7-6-,12-9-,31-25+,35-32?. The van der Waals surface area contributed by atoms with Crippen LogP contribution in [-0.4, -0.2) is 16.9 Å². The minimum atomic E-state index is -0.340. The monoisotopic (exact) mass is 493 g/mol. The van der Waals surface area contributed by atoms with Crippen LogP contribution >= 0.6 is 0 Å². The third kappa shape index (κ3) is 7.08. The second kappa shape index (κ2) is 12.9. The molecule has 0 bridgehead atoms. The van der Waals surface area contributed by atoms with Crippen molar-refractivity contribution < 1.29 is 5.11 Å². The van der Waals surface area contributed by atoms with Gasteiger partial charge in [-0.3, -0.25) is 5.41 Å². The molecule has 0 amide bonds. The minimum Gasteiger partial charge on any atom is -0.512 e. The number of hydrogen-bond donors (Lipinski definition) is 4. The van der Waals surface area contributed by atoms with Gasteiger partial charge in [0.15, 0.2) is 0 Å². The molecule has 37 heavy (non-hydrogen) atoms. The van der Waals surface area contributed by atoms with Gasteiger partial charge in [-0.15, -0.1) is 0 Å². The van der Waals surface area contributed by atoms with E-state index in [1.807, 2.05) is 93.6 Å². The molecule has 3 unspecified atom stereocenters. The van der Waals surface area contributed by atoms with Crippen molar-refractivity contribution in [3.05, 3.63) is 131 Å². The van der Waals surface area contributed by atoms with Crippen molar-refractivity contribution >= 4 is 17.0 Å². The van der Waals surface area contributed by atoms with Crippen molar-refractivity contribution in [3.8, 4) is 0 Å². The van der Waals surface area contributed by atoms with Crippen molar-refractivity contribution in [1.29, 1.82) is 5.41 Å². The predicted molar refractivity (Wildman–Crippen MR) is 158 cm³/mol. The fraction of sp³-hybridized carbons (Fsp3) is 0.242. The van der Waals surface area contributed by atoms with Crippen LogP contribution in [0, 0.1) is 18.3 Å². The third-order valence-electron chi connectivity index (χ3n) is 6.50. The van der Waals surface area contributed by atoms with Gasteiger partial charge in [0.1, 0.15) is 0 Å². The van der Waals surface area contributed by atoms with Gasteiger partial charge in [0.25, 0.3) is 0 Å². The number of nitrogens with one attached hydrogen (secondary N) is 2. The fourth-order valence-corrected chi connectivity index (χ4v) is 4.53. The van der Waals surface area contributed by atoms with E-state index < -0.39 is 0 Å². The highest BCUT2D eigenvalue weighted by Gasteiger charge is 2.21. The molecule has 3 aromatic carbocycles. The van der Waals surface area contributed by atoms with Crippen molar-refractivity contribution in [1.82, 2.24) is 0 Å². The zero-order chi connectivity index (χ0) is 26.9. The zero-order valence-electron chi connectivity index (χ0n) is 22.5. The van der Waals surface area contributed by atoms with Gasteiger partial charge < -0.3 is 16.2 Å². The maximum atomic E-state index is 10.4. The molecular weight excluding hydrogens is 454 g/mol. The molecule has 0 saturated carbocycles. The van der Waals surface area contributed by atoms with Crippen LogP contribution in [0.4, 0.5) is 5.69 Å². The van der Waals surface area contributed by atoms with E-state index in [-0.39, 0.29) is 23.8 Å². The lowest BCUT2D eigenvalue weighted by Crippen LogP contribution is -2.21. The molecule has 3 aromatic rings. The number of aliphatic hydroxyl groups excluding tert-OH is 1. The Morgan fingerprint density at radius 1 is 0.946 bits per heavy atom. The summed E-state index contributed by atoms with van der Waals surface area (Å²) in [6, 6.07) is 23.9. The van der Waals surface area contributed by atoms with Gasteiger partial charge in [-0.25, -0.2) is 0 Å². The summed E-state index contributed by atoms with van der Waals surface area (Å²) in [4.78, 5) is 0. The molecule has 0 spiro atoms. The van der Waals surface area contributed by atoms with E-state index in [0.717, 1.165) is 33.5 Å². The second-order valence-corrected chi connectivity index (χ2v) is 9.59. The molecular formula is C33H39N3O. The van der Waals surface area contributed by atoms with Gasteiger partial charge in [0, 0.05) is 28.4 Å². The van der Waals surface area contributed by atoms with Gasteiger partial charge in [0.05, 0.1) is 17.5 Å². The fourth-order valence-electron chi connectivity index (χ4n) is 4.53. The Hall–Kier alpha value is -3.89. The number of hydrogen-bond acceptors (Lipinski definition) is 4. The number of benzene rings is 3. The Kier molecular flexibility index (Phi) is 9.64. The molecule has 4 heteroatoms. The first-order chi connectivity index (χ1) is 17.7. The van der Waals surface area contributed by atoms with Crippen LogP contribution in [0.2, 0.25) is 0 Å². The maximum absolute atomic E-state index is 10.4. The lowest BCUT2D eigenvalue weighted by Gasteiger charge is -2.27. The van der Waals surface area contributed by atoms with Crippen LogP contribution in [0.5, 0.6) is 0 Å². The number of nitrogens with two attached hydrogens (primary N) is 1. The molecule has 0 aliphatic rings. The van der Waals surface area contributed by atoms with E-state index in [2.05, 4.69) is 36.5 Å². The molecule has 4 nitrogen and oxygen atoms in total. The lowest BCUT2D eigenvalue weighted by molar-refractivity contribution is 0.414. The van der Waals surface area contributed by atoms with Crippen LogP contribution in [0.3, 0.4) is 0 Å². The Bertz CT molecular complexity index is 1280. The Labute approximate surface area is 221 Å². The van der Waals surface area contributed by atoms with Crippen LogP contribution in [-0.2, 0) is 0 Å². The summed E-state index contributed by atoms with van der Waals surface area (Å²) in [6.07, 6.45) is 8.30. The topological polar surface area (TPSA) is 82.1 Å². The number of rotatable bonds is 10. The van der Waals surface area contributed by atoms with Crippen LogP contribution < -0.4 is 11.1 Å². The Morgan fingerprint density at radius 2 is 1.59 bits per heavy atom. The van der Waals surface area contributed by atoms with Crippen molar-refractivity contribution in [2.24, 2.45) is 11.7 Å². The summed E-state index contributed by atoms with van der Waals surface area (Å²) in [5.41, 5.74) is 13.0. The normalized spacial score (nSPS) is 14.9. The van der Waals surface area contributed by atoms with E-state index in [0.29, 0.717) is 11.3 Å². The smallest absolute Gasteiger partial charge is 0.0945 e. The molecule has 0 aromatic heterocycles. The number of aryl methyl sites for hydroxylation is 1. The number of allylic oxidation sites excluding steroid dienone is 4. The summed E-state index contributed by atoms with van der Waals surface area (Å²) < 4.78 is 0. The summed E-state index contributed by atoms with van der Waals surface area (Å²) in [7, 11) is 0. The summed E-state index contributed by atoms with van der Waals surface area (Å²) in [5.74, 6) is 0.358. The predicted octanol–water partition coefficient (Wildman–Crippen LogP) is 7.97. The van der Waals surface area contributed by atoms with Crippen LogP contribution in [0.1, 0.15) is 61.6 Å². The van der Waals surface area contributed by atoms with Crippen molar-refractivity contribution in [2.45, 2.75) is 46.7 Å². The van der Waals surface area contributed by atoms with E-state index in [1.54, 1.807) is 6.92 Å². The average Bonchev–Trinajstić information content (AvgIpc) is 2.87. The molecule has 0 aliphatic heterocycles.